The molecule has 1 amide bonds. The van der Waals surface area contributed by atoms with E-state index in [9.17, 15) is 9.90 Å². The number of nitrogens with zero attached hydrogens (tertiary/aromatic N) is 2. The molecule has 6 rings (SSSR count). The maximum absolute atomic E-state index is 12.9. The van der Waals surface area contributed by atoms with Crippen LogP contribution in [0.15, 0.2) is 30.3 Å². The topological polar surface area (TPSA) is 67.2 Å². The summed E-state index contributed by atoms with van der Waals surface area (Å²) in [6.07, 6.45) is 6.74. The van der Waals surface area contributed by atoms with Gasteiger partial charge in [-0.15, -0.1) is 0 Å². The van der Waals surface area contributed by atoms with E-state index in [1.165, 1.54) is 6.42 Å². The Morgan fingerprint density at radius 3 is 2.52 bits per heavy atom. The van der Waals surface area contributed by atoms with E-state index in [0.29, 0.717) is 24.8 Å². The second-order valence-corrected chi connectivity index (χ2v) is 10.0. The molecule has 0 saturated heterocycles. The van der Waals surface area contributed by atoms with Crippen LogP contribution in [0.4, 0.5) is 0 Å². The molecule has 4 bridgehead atoms. The van der Waals surface area contributed by atoms with Gasteiger partial charge in [0.1, 0.15) is 0 Å². The number of amides is 1. The van der Waals surface area contributed by atoms with Crippen LogP contribution in [-0.2, 0) is 11.3 Å². The van der Waals surface area contributed by atoms with Crippen LogP contribution in [0.1, 0.15) is 61.9 Å². The van der Waals surface area contributed by atoms with Gasteiger partial charge in [-0.2, -0.15) is 5.10 Å². The summed E-state index contributed by atoms with van der Waals surface area (Å²) in [5, 5.41) is 18.8. The van der Waals surface area contributed by atoms with Crippen LogP contribution in [-0.4, -0.2) is 26.4 Å². The molecule has 5 nitrogen and oxygen atoms in total. The van der Waals surface area contributed by atoms with E-state index in [2.05, 4.69) is 17.3 Å². The van der Waals surface area contributed by atoms with Crippen LogP contribution in [0, 0.1) is 31.1 Å². The quantitative estimate of drug-likeness (QED) is 0.811. The van der Waals surface area contributed by atoms with Gasteiger partial charge in [-0.25, -0.2) is 4.68 Å². The molecule has 2 unspecified atom stereocenters. The highest BCUT2D eigenvalue weighted by molar-refractivity contribution is 5.77. The molecule has 29 heavy (non-hydrogen) atoms. The number of para-hydroxylation sites is 1. The Balaban J connectivity index is 1.27. The van der Waals surface area contributed by atoms with Gasteiger partial charge < -0.3 is 10.4 Å². The molecule has 1 heterocycles. The molecule has 154 valence electrons. The van der Waals surface area contributed by atoms with Crippen molar-refractivity contribution < 1.29 is 9.90 Å². The first-order valence-electron chi connectivity index (χ1n) is 10.9. The van der Waals surface area contributed by atoms with Crippen molar-refractivity contribution in [3.8, 4) is 5.69 Å². The predicted octanol–water partition coefficient (Wildman–Crippen LogP) is 3.83. The molecule has 0 aliphatic heterocycles. The van der Waals surface area contributed by atoms with Crippen LogP contribution in [0.25, 0.3) is 5.69 Å². The summed E-state index contributed by atoms with van der Waals surface area (Å²) in [5.41, 5.74) is 3.66. The fourth-order valence-corrected chi connectivity index (χ4v) is 6.95. The van der Waals surface area contributed by atoms with Gasteiger partial charge in [0.2, 0.25) is 5.91 Å². The van der Waals surface area contributed by atoms with Crippen LogP contribution in [0.3, 0.4) is 0 Å². The predicted molar refractivity (Wildman–Crippen MR) is 112 cm³/mol. The monoisotopic (exact) mass is 393 g/mol. The SMILES string of the molecule is Cc1nn(-c2ccccc2)c(C)c1CNC(=O)CC12C[C@@H]3C[C@@H](CC(O)(C3)C1)C2. The molecule has 4 saturated carbocycles. The molecule has 2 aromatic rings. The zero-order valence-electron chi connectivity index (χ0n) is 17.4. The highest BCUT2D eigenvalue weighted by atomic mass is 16.3. The van der Waals surface area contributed by atoms with Crippen molar-refractivity contribution in [1.82, 2.24) is 15.1 Å². The summed E-state index contributed by atoms with van der Waals surface area (Å²) < 4.78 is 1.95. The van der Waals surface area contributed by atoms with Crippen LogP contribution < -0.4 is 5.32 Å². The Labute approximate surface area is 172 Å². The van der Waals surface area contributed by atoms with E-state index in [1.54, 1.807) is 0 Å². The highest BCUT2D eigenvalue weighted by Gasteiger charge is 2.57. The fourth-order valence-electron chi connectivity index (χ4n) is 6.95. The maximum Gasteiger partial charge on any atom is 0.220 e. The smallest absolute Gasteiger partial charge is 0.220 e. The van der Waals surface area contributed by atoms with Gasteiger partial charge >= 0.3 is 0 Å². The van der Waals surface area contributed by atoms with E-state index in [1.807, 2.05) is 41.9 Å². The summed E-state index contributed by atoms with van der Waals surface area (Å²) in [4.78, 5) is 12.9. The Morgan fingerprint density at radius 1 is 1.17 bits per heavy atom. The first-order valence-corrected chi connectivity index (χ1v) is 10.9. The first kappa shape index (κ1) is 18.9. The minimum absolute atomic E-state index is 0.0151. The average Bonchev–Trinajstić information content (AvgIpc) is 2.92. The zero-order chi connectivity index (χ0) is 20.2. The summed E-state index contributed by atoms with van der Waals surface area (Å²) in [5.74, 6) is 1.34. The third kappa shape index (κ3) is 3.39. The average molecular weight is 394 g/mol. The number of rotatable bonds is 5. The fraction of sp³-hybridized carbons (Fsp3) is 0.583. The van der Waals surface area contributed by atoms with Crippen LogP contribution in [0.5, 0.6) is 0 Å². The molecule has 4 aliphatic rings. The van der Waals surface area contributed by atoms with Crippen molar-refractivity contribution in [3.05, 3.63) is 47.3 Å². The minimum Gasteiger partial charge on any atom is -0.390 e. The van der Waals surface area contributed by atoms with E-state index >= 15 is 0 Å². The minimum atomic E-state index is -0.506. The lowest BCUT2D eigenvalue weighted by atomic mass is 9.47. The molecule has 1 aromatic carbocycles. The molecule has 1 aromatic heterocycles. The van der Waals surface area contributed by atoms with Gasteiger partial charge in [-0.05, 0) is 81.8 Å². The standard InChI is InChI=1S/C24H31N3O2/c1-16-21(17(2)27(26-16)20-6-4-3-5-7-20)14-25-22(28)13-23-9-18-8-19(10-23)12-24(29,11-18)15-23/h3-7,18-19,29H,8-15H2,1-2H3,(H,25,28)/t18-,19+,23?,24?. The van der Waals surface area contributed by atoms with E-state index in [0.717, 1.165) is 54.7 Å². The number of benzene rings is 1. The summed E-state index contributed by atoms with van der Waals surface area (Å²) in [6, 6.07) is 10.1. The molecule has 2 N–H and O–H groups in total. The van der Waals surface area contributed by atoms with Crippen molar-refractivity contribution in [2.45, 2.75) is 70.9 Å². The van der Waals surface area contributed by atoms with Crippen molar-refractivity contribution in [1.29, 1.82) is 0 Å². The van der Waals surface area contributed by atoms with Gasteiger partial charge in [0, 0.05) is 24.2 Å². The highest BCUT2D eigenvalue weighted by Crippen LogP contribution is 2.62. The number of hydrogen-bond donors (Lipinski definition) is 2. The van der Waals surface area contributed by atoms with Crippen molar-refractivity contribution in [3.63, 3.8) is 0 Å². The lowest BCUT2D eigenvalue weighted by molar-refractivity contribution is -0.169. The molecule has 4 aliphatic carbocycles. The second-order valence-electron chi connectivity index (χ2n) is 10.0. The maximum atomic E-state index is 12.9. The zero-order valence-corrected chi connectivity index (χ0v) is 17.4. The first-order chi connectivity index (χ1) is 13.8. The van der Waals surface area contributed by atoms with Gasteiger partial charge in [-0.3, -0.25) is 4.79 Å². The largest absolute Gasteiger partial charge is 0.390 e. The normalized spacial score (nSPS) is 32.5. The van der Waals surface area contributed by atoms with E-state index in [-0.39, 0.29) is 11.3 Å². The molecular weight excluding hydrogens is 362 g/mol. The van der Waals surface area contributed by atoms with E-state index < -0.39 is 5.60 Å². The number of aliphatic hydroxyl groups is 1. The summed E-state index contributed by atoms with van der Waals surface area (Å²) >= 11 is 0. The summed E-state index contributed by atoms with van der Waals surface area (Å²) in [6.45, 7) is 4.57. The Morgan fingerprint density at radius 2 is 1.86 bits per heavy atom. The van der Waals surface area contributed by atoms with Crippen LogP contribution in [0.2, 0.25) is 0 Å². The summed E-state index contributed by atoms with van der Waals surface area (Å²) in [7, 11) is 0. The van der Waals surface area contributed by atoms with Crippen molar-refractivity contribution in [2.75, 3.05) is 0 Å². The van der Waals surface area contributed by atoms with Gasteiger partial charge in [-0.1, -0.05) is 18.2 Å². The Bertz CT molecular complexity index is 919. The molecular formula is C24H31N3O2. The number of hydrogen-bond acceptors (Lipinski definition) is 3. The molecule has 5 heteroatoms. The Hall–Kier alpha value is -2.14. The number of aryl methyl sites for hydroxylation is 1. The van der Waals surface area contributed by atoms with Crippen molar-refractivity contribution >= 4 is 5.91 Å². The van der Waals surface area contributed by atoms with E-state index in [4.69, 9.17) is 0 Å². The van der Waals surface area contributed by atoms with Gasteiger partial charge in [0.25, 0.3) is 0 Å². The molecule has 0 radical (unpaired) electrons. The number of carbonyl (C=O) groups is 1. The van der Waals surface area contributed by atoms with Crippen molar-refractivity contribution in [2.24, 2.45) is 17.3 Å². The van der Waals surface area contributed by atoms with Crippen LogP contribution >= 0.6 is 0 Å². The third-order valence-electron chi connectivity index (χ3n) is 7.59. The van der Waals surface area contributed by atoms with Gasteiger partial charge in [0.15, 0.2) is 0 Å². The van der Waals surface area contributed by atoms with Gasteiger partial charge in [0.05, 0.1) is 17.0 Å². The lowest BCUT2D eigenvalue weighted by Gasteiger charge is -2.60. The number of aromatic nitrogens is 2. The second kappa shape index (κ2) is 6.69. The molecule has 4 atom stereocenters. The number of nitrogens with one attached hydrogen (secondary N) is 1. The third-order valence-corrected chi connectivity index (χ3v) is 7.59. The molecule has 0 spiro atoms. The lowest BCUT2D eigenvalue weighted by Crippen LogP contribution is -2.56. The Kier molecular flexibility index (Phi) is 4.35. The number of carbonyl (C=O) groups excluding carboxylic acids is 1. The molecule has 4 fully saturated rings.